The quantitative estimate of drug-likeness (QED) is 0.804. The molecular weight excluding hydrogens is 302 g/mol. The van der Waals surface area contributed by atoms with E-state index in [1.54, 1.807) is 30.3 Å². The lowest BCUT2D eigenvalue weighted by molar-refractivity contribution is 0.0958. The van der Waals surface area contributed by atoms with Crippen molar-refractivity contribution in [2.24, 2.45) is 0 Å². The summed E-state index contributed by atoms with van der Waals surface area (Å²) in [7, 11) is 3.91. The van der Waals surface area contributed by atoms with Gasteiger partial charge in [-0.1, -0.05) is 12.1 Å². The fourth-order valence-electron chi connectivity index (χ4n) is 2.11. The first kappa shape index (κ1) is 17.3. The van der Waals surface area contributed by atoms with Crippen molar-refractivity contribution in [3.63, 3.8) is 0 Å². The second-order valence-corrected chi connectivity index (χ2v) is 5.47. The molecule has 0 saturated heterocycles. The van der Waals surface area contributed by atoms with Crippen molar-refractivity contribution in [2.75, 3.05) is 30.9 Å². The van der Waals surface area contributed by atoms with Crippen molar-refractivity contribution in [1.82, 2.24) is 5.32 Å². The van der Waals surface area contributed by atoms with Gasteiger partial charge >= 0.3 is 0 Å². The zero-order valence-corrected chi connectivity index (χ0v) is 13.9. The molecule has 0 fully saturated rings. The largest absolute Gasteiger partial charge is 0.378 e. The van der Waals surface area contributed by atoms with Crippen molar-refractivity contribution < 1.29 is 9.59 Å². The molecule has 0 spiro atoms. The molecule has 24 heavy (non-hydrogen) atoms. The van der Waals surface area contributed by atoms with Gasteiger partial charge in [-0.2, -0.15) is 0 Å². The van der Waals surface area contributed by atoms with Crippen molar-refractivity contribution in [3.05, 3.63) is 72.3 Å². The highest BCUT2D eigenvalue weighted by Gasteiger charge is 2.10. The minimum atomic E-state index is -0.258. The van der Waals surface area contributed by atoms with Crippen LogP contribution in [-0.4, -0.2) is 32.5 Å². The average Bonchev–Trinajstić information content (AvgIpc) is 2.60. The van der Waals surface area contributed by atoms with Crippen LogP contribution in [-0.2, 0) is 0 Å². The van der Waals surface area contributed by atoms with Crippen molar-refractivity contribution in [3.8, 4) is 0 Å². The van der Waals surface area contributed by atoms with Crippen molar-refractivity contribution in [1.29, 1.82) is 0 Å². The number of amides is 2. The average molecular weight is 323 g/mol. The summed E-state index contributed by atoms with van der Waals surface area (Å²) < 4.78 is 0. The molecule has 124 valence electrons. The molecule has 5 heteroatoms. The van der Waals surface area contributed by atoms with Crippen molar-refractivity contribution >= 4 is 23.2 Å². The molecule has 0 aliphatic carbocycles. The van der Waals surface area contributed by atoms with E-state index in [1.165, 1.54) is 0 Å². The molecule has 0 aliphatic rings. The van der Waals surface area contributed by atoms with Crippen LogP contribution in [0, 0.1) is 0 Å². The molecule has 0 saturated carbocycles. The summed E-state index contributed by atoms with van der Waals surface area (Å²) >= 11 is 0. The smallest absolute Gasteiger partial charge is 0.255 e. The van der Waals surface area contributed by atoms with E-state index in [0.717, 1.165) is 5.69 Å². The normalized spacial score (nSPS) is 9.92. The molecule has 0 heterocycles. The minimum Gasteiger partial charge on any atom is -0.378 e. The molecule has 2 N–H and O–H groups in total. The van der Waals surface area contributed by atoms with E-state index in [4.69, 9.17) is 0 Å². The van der Waals surface area contributed by atoms with Gasteiger partial charge in [0.2, 0.25) is 0 Å². The number of carbonyl (C=O) groups is 2. The lowest BCUT2D eigenvalue weighted by atomic mass is 10.1. The van der Waals surface area contributed by atoms with E-state index in [-0.39, 0.29) is 11.8 Å². The molecule has 0 radical (unpaired) electrons. The summed E-state index contributed by atoms with van der Waals surface area (Å²) in [6.45, 7) is 3.94. The molecule has 5 nitrogen and oxygen atoms in total. The van der Waals surface area contributed by atoms with Gasteiger partial charge in [0, 0.05) is 43.1 Å². The predicted molar refractivity (Wildman–Crippen MR) is 97.7 cm³/mol. The number of anilines is 2. The number of benzene rings is 2. The molecule has 0 atom stereocenters. The van der Waals surface area contributed by atoms with Gasteiger partial charge < -0.3 is 15.5 Å². The predicted octanol–water partition coefficient (Wildman–Crippen LogP) is 2.92. The highest BCUT2D eigenvalue weighted by Crippen LogP contribution is 2.16. The summed E-state index contributed by atoms with van der Waals surface area (Å²) in [5.41, 5.74) is 2.62. The van der Waals surface area contributed by atoms with Gasteiger partial charge in [-0.05, 0) is 42.5 Å². The van der Waals surface area contributed by atoms with Gasteiger partial charge in [0.15, 0.2) is 0 Å². The Bertz CT molecular complexity index is 737. The van der Waals surface area contributed by atoms with Crippen LogP contribution in [0.15, 0.2) is 61.2 Å². The SMILES string of the molecule is C=CCNC(=O)c1cccc(C(=O)Nc2ccc(N(C)C)cc2)c1. The highest BCUT2D eigenvalue weighted by molar-refractivity contribution is 6.06. The summed E-state index contributed by atoms with van der Waals surface area (Å²) in [4.78, 5) is 26.3. The number of rotatable bonds is 6. The first-order chi connectivity index (χ1) is 11.5. The maximum Gasteiger partial charge on any atom is 0.255 e. The zero-order valence-electron chi connectivity index (χ0n) is 13.9. The molecule has 0 aromatic heterocycles. The Kier molecular flexibility index (Phi) is 5.73. The van der Waals surface area contributed by atoms with E-state index in [0.29, 0.717) is 23.4 Å². The Labute approximate surface area is 142 Å². The zero-order chi connectivity index (χ0) is 17.5. The lowest BCUT2D eigenvalue weighted by Crippen LogP contribution is -2.23. The fourth-order valence-corrected chi connectivity index (χ4v) is 2.11. The summed E-state index contributed by atoms with van der Waals surface area (Å²) in [5.74, 6) is -0.495. The van der Waals surface area contributed by atoms with Crippen molar-refractivity contribution in [2.45, 2.75) is 0 Å². The van der Waals surface area contributed by atoms with E-state index in [1.807, 2.05) is 43.3 Å². The number of nitrogens with zero attached hydrogens (tertiary/aromatic N) is 1. The number of carbonyl (C=O) groups excluding carboxylic acids is 2. The number of hydrogen-bond acceptors (Lipinski definition) is 3. The third-order valence-corrected chi connectivity index (χ3v) is 3.44. The van der Waals surface area contributed by atoms with Gasteiger partial charge in [-0.25, -0.2) is 0 Å². The van der Waals surface area contributed by atoms with Crippen LogP contribution in [0.3, 0.4) is 0 Å². The fraction of sp³-hybridized carbons (Fsp3) is 0.158. The summed E-state index contributed by atoms with van der Waals surface area (Å²) in [5, 5.41) is 5.52. The van der Waals surface area contributed by atoms with Crippen LogP contribution in [0.25, 0.3) is 0 Å². The Balaban J connectivity index is 2.09. The molecule has 2 aromatic rings. The first-order valence-corrected chi connectivity index (χ1v) is 7.59. The topological polar surface area (TPSA) is 61.4 Å². The van der Waals surface area contributed by atoms with Crippen LogP contribution in [0.2, 0.25) is 0 Å². The third kappa shape index (κ3) is 4.46. The standard InChI is InChI=1S/C19H21N3O2/c1-4-12-20-18(23)14-6-5-7-15(13-14)19(24)21-16-8-10-17(11-9-16)22(2)3/h4-11,13H,1,12H2,2-3H3,(H,20,23)(H,21,24). The second kappa shape index (κ2) is 7.97. The van der Waals surface area contributed by atoms with Crippen LogP contribution in [0.4, 0.5) is 11.4 Å². The van der Waals surface area contributed by atoms with Gasteiger partial charge in [0.25, 0.3) is 11.8 Å². The maximum absolute atomic E-state index is 12.4. The summed E-state index contributed by atoms with van der Waals surface area (Å²) in [6, 6.07) is 14.1. The van der Waals surface area contributed by atoms with Crippen LogP contribution >= 0.6 is 0 Å². The molecular formula is C19H21N3O2. The molecule has 0 bridgehead atoms. The minimum absolute atomic E-state index is 0.236. The van der Waals surface area contributed by atoms with Gasteiger partial charge in [0.05, 0.1) is 0 Å². The van der Waals surface area contributed by atoms with Crippen LogP contribution in [0.1, 0.15) is 20.7 Å². The lowest BCUT2D eigenvalue weighted by Gasteiger charge is -2.13. The summed E-state index contributed by atoms with van der Waals surface area (Å²) in [6.07, 6.45) is 1.60. The third-order valence-electron chi connectivity index (χ3n) is 3.44. The molecule has 2 aromatic carbocycles. The monoisotopic (exact) mass is 323 g/mol. The Morgan fingerprint density at radius 1 is 1.04 bits per heavy atom. The first-order valence-electron chi connectivity index (χ1n) is 7.59. The molecule has 0 unspecified atom stereocenters. The Morgan fingerprint density at radius 2 is 1.67 bits per heavy atom. The molecule has 2 rings (SSSR count). The van der Waals surface area contributed by atoms with E-state index in [9.17, 15) is 9.59 Å². The second-order valence-electron chi connectivity index (χ2n) is 5.47. The molecule has 0 aliphatic heterocycles. The Hall–Kier alpha value is -3.08. The Morgan fingerprint density at radius 3 is 2.25 bits per heavy atom. The maximum atomic E-state index is 12.4. The molecule has 2 amide bonds. The number of hydrogen-bond donors (Lipinski definition) is 2. The van der Waals surface area contributed by atoms with E-state index < -0.39 is 0 Å². The van der Waals surface area contributed by atoms with Gasteiger partial charge in [0.1, 0.15) is 0 Å². The van der Waals surface area contributed by atoms with Crippen LogP contribution < -0.4 is 15.5 Å². The van der Waals surface area contributed by atoms with Crippen LogP contribution in [0.5, 0.6) is 0 Å². The number of nitrogens with one attached hydrogen (secondary N) is 2. The van der Waals surface area contributed by atoms with Gasteiger partial charge in [-0.3, -0.25) is 9.59 Å². The van der Waals surface area contributed by atoms with Gasteiger partial charge in [-0.15, -0.1) is 6.58 Å². The van der Waals surface area contributed by atoms with E-state index in [2.05, 4.69) is 17.2 Å². The van der Waals surface area contributed by atoms with E-state index >= 15 is 0 Å². The highest BCUT2D eigenvalue weighted by atomic mass is 16.2.